The Morgan fingerprint density at radius 2 is 1.85 bits per heavy atom. The minimum Gasteiger partial charge on any atom is -0.261 e. The highest BCUT2D eigenvalue weighted by Crippen LogP contribution is 2.16. The number of pyridine rings is 1. The lowest BCUT2D eigenvalue weighted by molar-refractivity contribution is 0.593. The summed E-state index contributed by atoms with van der Waals surface area (Å²) >= 11 is 0. The Morgan fingerprint density at radius 3 is 2.23 bits per heavy atom. The molecular weight excluding hydrogens is 165 g/mol. The first-order chi connectivity index (χ1) is 6.11. The van der Waals surface area contributed by atoms with E-state index in [9.17, 15) is 4.39 Å². The Balaban J connectivity index is 0.000000671. The molecule has 0 aliphatic rings. The van der Waals surface area contributed by atoms with Crippen molar-refractivity contribution in [2.75, 3.05) is 0 Å². The Hall–Kier alpha value is -0.920. The zero-order valence-electron chi connectivity index (χ0n) is 9.06. The van der Waals surface area contributed by atoms with Crippen LogP contribution in [-0.4, -0.2) is 4.98 Å². The lowest BCUT2D eigenvalue weighted by Crippen LogP contribution is -1.95. The van der Waals surface area contributed by atoms with Crippen LogP contribution in [0.25, 0.3) is 0 Å². The van der Waals surface area contributed by atoms with Crippen LogP contribution in [-0.2, 0) is 0 Å². The maximum Gasteiger partial charge on any atom is 0.129 e. The van der Waals surface area contributed by atoms with Gasteiger partial charge in [0.2, 0.25) is 0 Å². The van der Waals surface area contributed by atoms with E-state index in [0.717, 1.165) is 5.69 Å². The van der Waals surface area contributed by atoms with Gasteiger partial charge in [0.15, 0.2) is 0 Å². The number of nitrogens with zero attached hydrogens (tertiary/aromatic N) is 1. The van der Waals surface area contributed by atoms with Crippen molar-refractivity contribution in [1.82, 2.24) is 4.98 Å². The van der Waals surface area contributed by atoms with Crippen molar-refractivity contribution in [3.05, 3.63) is 29.3 Å². The average molecular weight is 183 g/mol. The van der Waals surface area contributed by atoms with Crippen LogP contribution in [0, 0.1) is 12.7 Å². The lowest BCUT2D eigenvalue weighted by atomic mass is 10.1. The van der Waals surface area contributed by atoms with Gasteiger partial charge in [-0.15, -0.1) is 0 Å². The summed E-state index contributed by atoms with van der Waals surface area (Å²) in [6.45, 7) is 9.69. The Bertz CT molecular complexity index is 256. The quantitative estimate of drug-likeness (QED) is 0.647. The second-order valence-electron chi connectivity index (χ2n) is 3.00. The highest BCUT2D eigenvalue weighted by atomic mass is 19.1. The van der Waals surface area contributed by atoms with E-state index in [-0.39, 0.29) is 11.7 Å². The minimum absolute atomic E-state index is 0.146. The number of aryl methyl sites for hydroxylation is 1. The molecule has 1 rings (SSSR count). The highest BCUT2D eigenvalue weighted by Gasteiger charge is 2.05. The third-order valence-electron chi connectivity index (χ3n) is 1.64. The van der Waals surface area contributed by atoms with Crippen LogP contribution in [0.1, 0.15) is 44.9 Å². The summed E-state index contributed by atoms with van der Waals surface area (Å²) in [5, 5.41) is 0. The molecule has 1 heterocycles. The smallest absolute Gasteiger partial charge is 0.129 e. The van der Waals surface area contributed by atoms with E-state index < -0.39 is 0 Å². The monoisotopic (exact) mass is 183 g/mol. The van der Waals surface area contributed by atoms with Crippen molar-refractivity contribution >= 4 is 0 Å². The van der Waals surface area contributed by atoms with E-state index >= 15 is 0 Å². The maximum atomic E-state index is 13.1. The Kier molecular flexibility index (Phi) is 5.28. The van der Waals surface area contributed by atoms with Gasteiger partial charge in [-0.3, -0.25) is 4.98 Å². The zero-order valence-corrected chi connectivity index (χ0v) is 9.06. The fraction of sp³-hybridized carbons (Fsp3) is 0.545. The number of aromatic nitrogens is 1. The fourth-order valence-corrected chi connectivity index (χ4v) is 0.962. The largest absolute Gasteiger partial charge is 0.261 e. The van der Waals surface area contributed by atoms with E-state index in [1.54, 1.807) is 13.1 Å². The normalized spacial score (nSPS) is 9.46. The molecule has 13 heavy (non-hydrogen) atoms. The maximum absolute atomic E-state index is 13.1. The molecule has 74 valence electrons. The highest BCUT2D eigenvalue weighted by molar-refractivity contribution is 5.18. The van der Waals surface area contributed by atoms with Gasteiger partial charge in [-0.2, -0.15) is 0 Å². The fourth-order valence-electron chi connectivity index (χ4n) is 0.962. The van der Waals surface area contributed by atoms with Gasteiger partial charge in [-0.25, -0.2) is 4.39 Å². The Morgan fingerprint density at radius 1 is 1.31 bits per heavy atom. The molecule has 0 fully saturated rings. The summed E-state index contributed by atoms with van der Waals surface area (Å²) in [4.78, 5) is 4.02. The predicted molar refractivity (Wildman–Crippen MR) is 54.4 cm³/mol. The molecule has 0 saturated carbocycles. The topological polar surface area (TPSA) is 12.9 Å². The van der Waals surface area contributed by atoms with Gasteiger partial charge in [-0.05, 0) is 18.9 Å². The molecule has 0 N–H and O–H groups in total. The van der Waals surface area contributed by atoms with Crippen LogP contribution in [0.2, 0.25) is 0 Å². The molecule has 0 aromatic carbocycles. The second-order valence-corrected chi connectivity index (χ2v) is 3.00. The third-order valence-corrected chi connectivity index (χ3v) is 1.64. The summed E-state index contributed by atoms with van der Waals surface area (Å²) in [5.74, 6) is 0.0654. The molecule has 1 nitrogen and oxygen atoms in total. The molecule has 0 amide bonds. The summed E-state index contributed by atoms with van der Waals surface area (Å²) in [6.07, 6.45) is 1.61. The van der Waals surface area contributed by atoms with Gasteiger partial charge in [0.05, 0.1) is 0 Å². The summed E-state index contributed by atoms with van der Waals surface area (Å²) in [7, 11) is 0. The molecule has 0 aliphatic carbocycles. The second kappa shape index (κ2) is 5.68. The number of halogens is 1. The molecule has 0 unspecified atom stereocenters. The molecule has 0 aliphatic heterocycles. The first kappa shape index (κ1) is 12.1. The van der Waals surface area contributed by atoms with Crippen LogP contribution in [0.4, 0.5) is 4.39 Å². The number of rotatable bonds is 1. The van der Waals surface area contributed by atoms with Crippen molar-refractivity contribution < 1.29 is 4.39 Å². The van der Waals surface area contributed by atoms with Gasteiger partial charge in [-0.1, -0.05) is 27.7 Å². The minimum atomic E-state index is -0.146. The van der Waals surface area contributed by atoms with Crippen molar-refractivity contribution in [2.45, 2.75) is 40.5 Å². The van der Waals surface area contributed by atoms with Crippen molar-refractivity contribution in [3.63, 3.8) is 0 Å². The van der Waals surface area contributed by atoms with Crippen molar-refractivity contribution in [2.24, 2.45) is 0 Å². The van der Waals surface area contributed by atoms with E-state index in [2.05, 4.69) is 4.98 Å². The van der Waals surface area contributed by atoms with Gasteiger partial charge in [0, 0.05) is 17.5 Å². The van der Waals surface area contributed by atoms with Crippen molar-refractivity contribution in [3.8, 4) is 0 Å². The molecule has 2 heteroatoms. The van der Waals surface area contributed by atoms with Gasteiger partial charge < -0.3 is 0 Å². The number of hydrogen-bond donors (Lipinski definition) is 0. The third kappa shape index (κ3) is 3.53. The first-order valence-corrected chi connectivity index (χ1v) is 4.73. The van der Waals surface area contributed by atoms with Crippen LogP contribution in [0.5, 0.6) is 0 Å². The van der Waals surface area contributed by atoms with Crippen molar-refractivity contribution in [1.29, 1.82) is 0 Å². The molecular formula is C11H18FN. The van der Waals surface area contributed by atoms with Gasteiger partial charge in [0.25, 0.3) is 0 Å². The summed E-state index contributed by atoms with van der Waals surface area (Å²) < 4.78 is 13.1. The molecule has 0 saturated heterocycles. The van der Waals surface area contributed by atoms with E-state index in [4.69, 9.17) is 0 Å². The summed E-state index contributed by atoms with van der Waals surface area (Å²) in [5.41, 5.74) is 1.42. The standard InChI is InChI=1S/C9H12FN.C2H6/c1-6(2)8-5-11-7(3)4-9(8)10;1-2/h4-6H,1-3H3;1-2H3. The van der Waals surface area contributed by atoms with E-state index in [1.165, 1.54) is 6.07 Å². The van der Waals surface area contributed by atoms with Gasteiger partial charge >= 0.3 is 0 Å². The molecule has 0 spiro atoms. The molecule has 1 aromatic heterocycles. The molecule has 0 atom stereocenters. The average Bonchev–Trinajstić information content (AvgIpc) is 2.07. The predicted octanol–water partition coefficient (Wildman–Crippen LogP) is 3.68. The first-order valence-electron chi connectivity index (χ1n) is 4.73. The van der Waals surface area contributed by atoms with Crippen LogP contribution in [0.3, 0.4) is 0 Å². The van der Waals surface area contributed by atoms with Crippen LogP contribution >= 0.6 is 0 Å². The molecule has 1 aromatic rings. The molecule has 0 radical (unpaired) electrons. The SMILES string of the molecule is CC.Cc1cc(F)c(C(C)C)cn1. The number of hydrogen-bond acceptors (Lipinski definition) is 1. The lowest BCUT2D eigenvalue weighted by Gasteiger charge is -2.05. The Labute approximate surface area is 80.0 Å². The van der Waals surface area contributed by atoms with E-state index in [0.29, 0.717) is 5.56 Å². The molecule has 0 bridgehead atoms. The zero-order chi connectivity index (χ0) is 10.4. The van der Waals surface area contributed by atoms with E-state index in [1.807, 2.05) is 27.7 Å². The summed E-state index contributed by atoms with van der Waals surface area (Å²) in [6, 6.07) is 1.47. The van der Waals surface area contributed by atoms with Crippen LogP contribution in [0.15, 0.2) is 12.3 Å². The van der Waals surface area contributed by atoms with Crippen LogP contribution < -0.4 is 0 Å². The van der Waals surface area contributed by atoms with Gasteiger partial charge in [0.1, 0.15) is 5.82 Å².